The van der Waals surface area contributed by atoms with Crippen LogP contribution in [0.25, 0.3) is 0 Å². The summed E-state index contributed by atoms with van der Waals surface area (Å²) in [5, 5.41) is 5.76. The Bertz CT molecular complexity index is 541. The summed E-state index contributed by atoms with van der Waals surface area (Å²) in [6.45, 7) is 4.32. The quantitative estimate of drug-likeness (QED) is 0.685. The Morgan fingerprint density at radius 1 is 1.35 bits per heavy atom. The maximum Gasteiger partial charge on any atom is 0.137 e. The van der Waals surface area contributed by atoms with E-state index in [0.717, 1.165) is 18.4 Å². The van der Waals surface area contributed by atoms with Gasteiger partial charge in [-0.25, -0.2) is 4.39 Å². The molecule has 1 aromatic carbocycles. The summed E-state index contributed by atoms with van der Waals surface area (Å²) in [6.07, 6.45) is 2.24. The van der Waals surface area contributed by atoms with Crippen molar-refractivity contribution in [1.29, 1.82) is 0 Å². The van der Waals surface area contributed by atoms with Crippen LogP contribution in [0.3, 0.4) is 0 Å². The Morgan fingerprint density at radius 2 is 2.15 bits per heavy atom. The lowest BCUT2D eigenvalue weighted by molar-refractivity contribution is 0.444. The Labute approximate surface area is 132 Å². The Kier molecular flexibility index (Phi) is 5.75. The summed E-state index contributed by atoms with van der Waals surface area (Å²) in [5.74, 6) is -0.218. The highest BCUT2D eigenvalue weighted by Gasteiger charge is 2.16. The normalized spacial score (nSPS) is 14.2. The van der Waals surface area contributed by atoms with Crippen molar-refractivity contribution in [2.75, 3.05) is 0 Å². The molecule has 0 saturated carbocycles. The second-order valence-electron chi connectivity index (χ2n) is 4.92. The highest BCUT2D eigenvalue weighted by atomic mass is 79.9. The molecule has 1 nitrogen and oxygen atoms in total. The molecule has 0 fully saturated rings. The average Bonchev–Trinajstić information content (AvgIpc) is 2.95. The van der Waals surface area contributed by atoms with Gasteiger partial charge in [-0.15, -0.1) is 11.3 Å². The molecule has 2 rings (SSSR count). The summed E-state index contributed by atoms with van der Waals surface area (Å²) >= 11 is 5.03. The molecule has 0 amide bonds. The molecule has 4 heteroatoms. The Balaban J connectivity index is 2.11. The van der Waals surface area contributed by atoms with Crippen LogP contribution in [-0.2, 0) is 0 Å². The molecule has 1 heterocycles. The lowest BCUT2D eigenvalue weighted by atomic mass is 10.0. The van der Waals surface area contributed by atoms with Crippen molar-refractivity contribution in [3.8, 4) is 0 Å². The van der Waals surface area contributed by atoms with Gasteiger partial charge in [0.2, 0.25) is 0 Å². The van der Waals surface area contributed by atoms with E-state index >= 15 is 0 Å². The third kappa shape index (κ3) is 3.90. The monoisotopic (exact) mass is 355 g/mol. The van der Waals surface area contributed by atoms with E-state index in [-0.39, 0.29) is 11.9 Å². The largest absolute Gasteiger partial charge is 0.303 e. The van der Waals surface area contributed by atoms with E-state index in [4.69, 9.17) is 0 Å². The number of benzene rings is 1. The van der Waals surface area contributed by atoms with Crippen LogP contribution < -0.4 is 5.32 Å². The minimum atomic E-state index is -0.218. The van der Waals surface area contributed by atoms with Crippen molar-refractivity contribution < 1.29 is 4.39 Å². The van der Waals surface area contributed by atoms with Crippen LogP contribution in [0.4, 0.5) is 4.39 Å². The minimum Gasteiger partial charge on any atom is -0.303 e. The van der Waals surface area contributed by atoms with Crippen molar-refractivity contribution in [3.05, 3.63) is 56.4 Å². The summed E-state index contributed by atoms with van der Waals surface area (Å²) < 4.78 is 13.8. The average molecular weight is 356 g/mol. The molecule has 2 atom stereocenters. The first-order valence-electron chi connectivity index (χ1n) is 6.86. The van der Waals surface area contributed by atoms with E-state index in [9.17, 15) is 4.39 Å². The molecule has 2 aromatic rings. The van der Waals surface area contributed by atoms with Crippen LogP contribution in [0.2, 0.25) is 0 Å². The van der Waals surface area contributed by atoms with Gasteiger partial charge >= 0.3 is 0 Å². The van der Waals surface area contributed by atoms with Crippen LogP contribution in [-0.4, -0.2) is 0 Å². The highest BCUT2D eigenvalue weighted by Crippen LogP contribution is 2.28. The fourth-order valence-corrected chi connectivity index (χ4v) is 3.48. The topological polar surface area (TPSA) is 12.0 Å². The zero-order chi connectivity index (χ0) is 14.5. The molecule has 0 radical (unpaired) electrons. The van der Waals surface area contributed by atoms with Gasteiger partial charge in [0.1, 0.15) is 5.82 Å². The summed E-state index contributed by atoms with van der Waals surface area (Å²) in [7, 11) is 0. The molecular weight excluding hydrogens is 337 g/mol. The van der Waals surface area contributed by atoms with Crippen molar-refractivity contribution >= 4 is 27.3 Å². The minimum absolute atomic E-state index is 0.186. The summed E-state index contributed by atoms with van der Waals surface area (Å²) in [5.41, 5.74) is 1.09. The Hall–Kier alpha value is -0.710. The fourth-order valence-electron chi connectivity index (χ4n) is 2.27. The number of hydrogen-bond acceptors (Lipinski definition) is 2. The maximum atomic E-state index is 13.3. The van der Waals surface area contributed by atoms with E-state index in [0.29, 0.717) is 10.5 Å². The molecular formula is C16H19BrFNS. The molecule has 0 bridgehead atoms. The third-order valence-corrected chi connectivity index (χ3v) is 4.95. The van der Waals surface area contributed by atoms with Crippen molar-refractivity contribution in [1.82, 2.24) is 5.32 Å². The van der Waals surface area contributed by atoms with Crippen LogP contribution >= 0.6 is 27.3 Å². The molecule has 0 aliphatic rings. The number of hydrogen-bond donors (Lipinski definition) is 1. The fraction of sp³-hybridized carbons (Fsp3) is 0.375. The second kappa shape index (κ2) is 7.34. The van der Waals surface area contributed by atoms with Gasteiger partial charge in [-0.1, -0.05) is 25.5 Å². The van der Waals surface area contributed by atoms with Gasteiger partial charge in [0.15, 0.2) is 0 Å². The van der Waals surface area contributed by atoms with E-state index in [2.05, 4.69) is 52.6 Å². The lowest BCUT2D eigenvalue weighted by Crippen LogP contribution is -2.24. The van der Waals surface area contributed by atoms with Crippen LogP contribution in [0.15, 0.2) is 40.2 Å². The molecule has 0 spiro atoms. The van der Waals surface area contributed by atoms with Gasteiger partial charge < -0.3 is 5.32 Å². The van der Waals surface area contributed by atoms with Gasteiger partial charge in [-0.3, -0.25) is 0 Å². The van der Waals surface area contributed by atoms with Gasteiger partial charge in [-0.2, -0.15) is 0 Å². The Morgan fingerprint density at radius 3 is 2.75 bits per heavy atom. The van der Waals surface area contributed by atoms with E-state index in [1.54, 1.807) is 11.3 Å². The zero-order valence-electron chi connectivity index (χ0n) is 11.7. The van der Waals surface area contributed by atoms with Crippen LogP contribution in [0.1, 0.15) is 49.2 Å². The van der Waals surface area contributed by atoms with E-state index < -0.39 is 0 Å². The summed E-state index contributed by atoms with van der Waals surface area (Å²) in [6, 6.07) is 10.0. The number of rotatable bonds is 6. The lowest BCUT2D eigenvalue weighted by Gasteiger charge is -2.23. The first-order chi connectivity index (χ1) is 9.61. The predicted octanol–water partition coefficient (Wildman–Crippen LogP) is 5.84. The molecule has 0 saturated heterocycles. The van der Waals surface area contributed by atoms with Crippen molar-refractivity contribution in [2.24, 2.45) is 0 Å². The molecule has 2 unspecified atom stereocenters. The predicted molar refractivity (Wildman–Crippen MR) is 87.6 cm³/mol. The number of halogens is 2. The van der Waals surface area contributed by atoms with Gasteiger partial charge in [-0.05, 0) is 58.4 Å². The van der Waals surface area contributed by atoms with Gasteiger partial charge in [0.25, 0.3) is 0 Å². The van der Waals surface area contributed by atoms with Gasteiger partial charge in [0, 0.05) is 17.0 Å². The maximum absolute atomic E-state index is 13.3. The van der Waals surface area contributed by atoms with Crippen LogP contribution in [0, 0.1) is 5.82 Å². The smallest absolute Gasteiger partial charge is 0.137 e. The molecule has 1 aromatic heterocycles. The zero-order valence-corrected chi connectivity index (χ0v) is 14.1. The first kappa shape index (κ1) is 15.7. The van der Waals surface area contributed by atoms with E-state index in [1.807, 2.05) is 12.1 Å². The molecule has 1 N–H and O–H groups in total. The summed E-state index contributed by atoms with van der Waals surface area (Å²) in [4.78, 5) is 1.36. The van der Waals surface area contributed by atoms with E-state index in [1.165, 1.54) is 10.9 Å². The molecule has 0 aliphatic heterocycles. The second-order valence-corrected chi connectivity index (χ2v) is 6.75. The SMILES string of the molecule is CCCC(NC(C)c1ccc(F)c(Br)c1)c1cccs1. The van der Waals surface area contributed by atoms with Crippen LogP contribution in [0.5, 0.6) is 0 Å². The molecule has 20 heavy (non-hydrogen) atoms. The van der Waals surface area contributed by atoms with Gasteiger partial charge in [0.05, 0.1) is 4.47 Å². The van der Waals surface area contributed by atoms with Crippen molar-refractivity contribution in [3.63, 3.8) is 0 Å². The molecule has 108 valence electrons. The number of nitrogens with one attached hydrogen (secondary N) is 1. The molecule has 0 aliphatic carbocycles. The highest BCUT2D eigenvalue weighted by molar-refractivity contribution is 9.10. The third-order valence-electron chi connectivity index (χ3n) is 3.36. The first-order valence-corrected chi connectivity index (χ1v) is 8.53. The standard InChI is InChI=1S/C16H19BrFNS/c1-3-5-15(16-6-4-9-20-16)19-11(2)12-7-8-14(18)13(17)10-12/h4,6-11,15,19H,3,5H2,1-2H3. The van der Waals surface area contributed by atoms with Crippen molar-refractivity contribution in [2.45, 2.75) is 38.8 Å². The number of thiophene rings is 1.